The minimum Gasteiger partial charge on any atom is -0.457 e. The summed E-state index contributed by atoms with van der Waals surface area (Å²) in [5.74, 6) is -0.819. The summed E-state index contributed by atoms with van der Waals surface area (Å²) in [6.45, 7) is 6.05. The number of thioether (sulfide) groups is 1. The van der Waals surface area contributed by atoms with E-state index in [2.05, 4.69) is 36.5 Å². The van der Waals surface area contributed by atoms with Crippen LogP contribution in [0.5, 0.6) is 0 Å². The van der Waals surface area contributed by atoms with E-state index in [-0.39, 0.29) is 13.2 Å². The summed E-state index contributed by atoms with van der Waals surface area (Å²) in [5.41, 5.74) is 6.68. The first-order chi connectivity index (χ1) is 24.4. The Morgan fingerprint density at radius 1 is 0.740 bits per heavy atom. The molecule has 0 saturated heterocycles. The van der Waals surface area contributed by atoms with E-state index in [4.69, 9.17) is 14.6 Å². The number of nitrogens with zero attached hydrogens (tertiary/aromatic N) is 2. The van der Waals surface area contributed by atoms with Crippen LogP contribution >= 0.6 is 11.8 Å². The van der Waals surface area contributed by atoms with Gasteiger partial charge in [-0.3, -0.25) is 0 Å². The molecular weight excluding hydrogens is 643 g/mol. The molecule has 2 heterocycles. The Labute approximate surface area is 298 Å². The second-order valence-corrected chi connectivity index (χ2v) is 13.4. The molecule has 254 valence electrons. The van der Waals surface area contributed by atoms with Gasteiger partial charge in [-0.15, -0.1) is 11.8 Å². The monoisotopic (exact) mass is 683 g/mol. The molecule has 0 bridgehead atoms. The van der Waals surface area contributed by atoms with Crippen LogP contribution in [0.4, 0.5) is 0 Å². The van der Waals surface area contributed by atoms with E-state index in [0.717, 1.165) is 41.0 Å². The highest BCUT2D eigenvalue weighted by Gasteiger charge is 2.40. The summed E-state index contributed by atoms with van der Waals surface area (Å²) in [6.07, 6.45) is 4.21. The Balaban J connectivity index is 1.45. The third-order valence-corrected chi connectivity index (χ3v) is 9.69. The quantitative estimate of drug-likeness (QED) is 0.0753. The zero-order chi connectivity index (χ0) is 34.9. The maximum Gasteiger partial charge on any atom is 0.337 e. The lowest BCUT2D eigenvalue weighted by atomic mass is 9.79. The molecule has 50 heavy (non-hydrogen) atoms. The predicted molar refractivity (Wildman–Crippen MR) is 198 cm³/mol. The molecule has 6 rings (SSSR count). The Morgan fingerprint density at radius 3 is 1.78 bits per heavy atom. The first kappa shape index (κ1) is 34.5. The highest BCUT2D eigenvalue weighted by Crippen LogP contribution is 2.43. The molecule has 4 aromatic carbocycles. The number of unbranched alkanes of at least 4 members (excludes halogenated alkanes) is 1. The third-order valence-electron chi connectivity index (χ3n) is 8.59. The number of benzene rings is 4. The summed E-state index contributed by atoms with van der Waals surface area (Å²) in [5, 5.41) is 8.39. The first-order valence-electron chi connectivity index (χ1n) is 16.9. The van der Waals surface area contributed by atoms with Gasteiger partial charge < -0.3 is 14.8 Å². The third kappa shape index (κ3) is 8.09. The van der Waals surface area contributed by atoms with E-state index in [1.807, 2.05) is 123 Å². The summed E-state index contributed by atoms with van der Waals surface area (Å²) in [4.78, 5) is 29.6. The smallest absolute Gasteiger partial charge is 0.337 e. The standard InChI is InChI=1S/C42H41N3O4S/c1-4-5-25-50-35-23-21-33(22-24-35)40-36(26-45(44-40)34-19-13-8-14-20-34)39-37(41(46)48-27-31-15-9-6-10-16-31)29(2)43-30(3)38(39)42(47)49-28-32-17-11-7-12-18-32/h6-24,26,39,43H,4-5,25,27-28H2,1-3H3. The molecule has 0 fully saturated rings. The highest BCUT2D eigenvalue weighted by molar-refractivity contribution is 7.99. The number of hydrogen-bond donors (Lipinski definition) is 1. The minimum absolute atomic E-state index is 0.0902. The van der Waals surface area contributed by atoms with Crippen molar-refractivity contribution >= 4 is 23.7 Å². The highest BCUT2D eigenvalue weighted by atomic mass is 32.2. The minimum atomic E-state index is -0.825. The number of allylic oxidation sites excluding steroid dienone is 2. The lowest BCUT2D eigenvalue weighted by Gasteiger charge is -2.30. The van der Waals surface area contributed by atoms with Crippen molar-refractivity contribution in [2.45, 2.75) is 57.6 Å². The number of hydrogen-bond acceptors (Lipinski definition) is 7. The normalized spacial score (nSPS) is 13.3. The largest absolute Gasteiger partial charge is 0.457 e. The summed E-state index contributed by atoms with van der Waals surface area (Å²) in [6, 6.07) is 37.3. The Hall–Kier alpha value is -5.34. The molecule has 7 nitrogen and oxygen atoms in total. The molecule has 1 aromatic heterocycles. The zero-order valence-corrected chi connectivity index (χ0v) is 29.4. The van der Waals surface area contributed by atoms with Crippen LogP contribution in [-0.2, 0) is 32.3 Å². The number of aromatic nitrogens is 2. The van der Waals surface area contributed by atoms with E-state index in [9.17, 15) is 9.59 Å². The van der Waals surface area contributed by atoms with Crippen molar-refractivity contribution in [3.05, 3.63) is 161 Å². The van der Waals surface area contributed by atoms with Crippen molar-refractivity contribution in [2.24, 2.45) is 0 Å². The zero-order valence-electron chi connectivity index (χ0n) is 28.6. The summed E-state index contributed by atoms with van der Waals surface area (Å²) >= 11 is 1.83. The second kappa shape index (κ2) is 16.4. The molecule has 0 unspecified atom stereocenters. The predicted octanol–water partition coefficient (Wildman–Crippen LogP) is 9.15. The van der Waals surface area contributed by atoms with Gasteiger partial charge in [-0.05, 0) is 61.4 Å². The van der Waals surface area contributed by atoms with Gasteiger partial charge in [0.2, 0.25) is 0 Å². The molecule has 0 atom stereocenters. The van der Waals surface area contributed by atoms with E-state index in [1.54, 1.807) is 4.68 Å². The molecule has 0 spiro atoms. The van der Waals surface area contributed by atoms with Crippen LogP contribution < -0.4 is 5.32 Å². The van der Waals surface area contributed by atoms with Crippen LogP contribution in [0.15, 0.2) is 149 Å². The number of rotatable bonds is 13. The number of esters is 2. The average Bonchev–Trinajstić information content (AvgIpc) is 3.59. The molecule has 0 aliphatic carbocycles. The molecule has 1 aliphatic rings. The molecule has 8 heteroatoms. The van der Waals surface area contributed by atoms with Crippen LogP contribution in [0, 0.1) is 0 Å². The van der Waals surface area contributed by atoms with Crippen LogP contribution in [0.2, 0.25) is 0 Å². The average molecular weight is 684 g/mol. The number of carbonyl (C=O) groups is 2. The molecule has 5 aromatic rings. The van der Waals surface area contributed by atoms with Crippen LogP contribution in [0.1, 0.15) is 56.2 Å². The van der Waals surface area contributed by atoms with Crippen molar-refractivity contribution in [3.63, 3.8) is 0 Å². The first-order valence-corrected chi connectivity index (χ1v) is 17.9. The molecule has 1 aliphatic heterocycles. The van der Waals surface area contributed by atoms with E-state index in [0.29, 0.717) is 33.8 Å². The Kier molecular flexibility index (Phi) is 11.3. The van der Waals surface area contributed by atoms with Crippen LogP contribution in [-0.4, -0.2) is 27.5 Å². The number of nitrogens with one attached hydrogen (secondary N) is 1. The van der Waals surface area contributed by atoms with Crippen molar-refractivity contribution in [3.8, 4) is 16.9 Å². The maximum absolute atomic E-state index is 14.2. The molecule has 1 N–H and O–H groups in total. The second-order valence-electron chi connectivity index (χ2n) is 12.2. The van der Waals surface area contributed by atoms with Gasteiger partial charge in [0, 0.05) is 33.6 Å². The SMILES string of the molecule is CCCCSc1ccc(-c2nn(-c3ccccc3)cc2C2C(C(=O)OCc3ccccc3)=C(C)NC(C)=C2C(=O)OCc2ccccc2)cc1. The van der Waals surface area contributed by atoms with Gasteiger partial charge in [0.05, 0.1) is 28.4 Å². The van der Waals surface area contributed by atoms with Crippen LogP contribution in [0.3, 0.4) is 0 Å². The number of dihydropyridines is 1. The number of carbonyl (C=O) groups excluding carboxylic acids is 2. The van der Waals surface area contributed by atoms with Gasteiger partial charge in [0.1, 0.15) is 13.2 Å². The van der Waals surface area contributed by atoms with Gasteiger partial charge in [0.15, 0.2) is 0 Å². The summed E-state index contributed by atoms with van der Waals surface area (Å²) < 4.78 is 13.7. The van der Waals surface area contributed by atoms with Crippen molar-refractivity contribution in [1.82, 2.24) is 15.1 Å². The topological polar surface area (TPSA) is 82.5 Å². The Morgan fingerprint density at radius 2 is 1.26 bits per heavy atom. The van der Waals surface area contributed by atoms with Crippen molar-refractivity contribution < 1.29 is 19.1 Å². The van der Waals surface area contributed by atoms with Gasteiger partial charge in [-0.1, -0.05) is 104 Å². The van der Waals surface area contributed by atoms with Gasteiger partial charge in [-0.2, -0.15) is 5.10 Å². The van der Waals surface area contributed by atoms with Gasteiger partial charge in [-0.25, -0.2) is 14.3 Å². The van der Waals surface area contributed by atoms with Crippen molar-refractivity contribution in [1.29, 1.82) is 0 Å². The molecule has 0 amide bonds. The lowest BCUT2D eigenvalue weighted by Crippen LogP contribution is -2.32. The van der Waals surface area contributed by atoms with Crippen molar-refractivity contribution in [2.75, 3.05) is 5.75 Å². The number of ether oxygens (including phenoxy) is 2. The van der Waals surface area contributed by atoms with Gasteiger partial charge in [0.25, 0.3) is 0 Å². The lowest BCUT2D eigenvalue weighted by molar-refractivity contribution is -0.141. The molecule has 0 saturated carbocycles. The molecule has 0 radical (unpaired) electrons. The fourth-order valence-electron chi connectivity index (χ4n) is 6.03. The van der Waals surface area contributed by atoms with E-state index in [1.165, 1.54) is 4.90 Å². The van der Waals surface area contributed by atoms with E-state index < -0.39 is 17.9 Å². The van der Waals surface area contributed by atoms with Crippen LogP contribution in [0.25, 0.3) is 16.9 Å². The van der Waals surface area contributed by atoms with Gasteiger partial charge >= 0.3 is 11.9 Å². The number of para-hydroxylation sites is 1. The summed E-state index contributed by atoms with van der Waals surface area (Å²) in [7, 11) is 0. The Bertz CT molecular complexity index is 1910. The fraction of sp³-hybridized carbons (Fsp3) is 0.214. The fourth-order valence-corrected chi connectivity index (χ4v) is 7.02. The molecular formula is C42H41N3O4S. The maximum atomic E-state index is 14.2. The van der Waals surface area contributed by atoms with E-state index >= 15 is 0 Å².